The number of nitrogens with zero attached hydrogens (tertiary/aromatic N) is 1. The summed E-state index contributed by atoms with van der Waals surface area (Å²) in [5, 5.41) is 8.89. The molecule has 3 nitrogen and oxygen atoms in total. The number of rotatable bonds is 2. The van der Waals surface area contributed by atoms with Gasteiger partial charge in [0.25, 0.3) is 0 Å². The molecule has 2 aliphatic carbocycles. The molecule has 0 radical (unpaired) electrons. The Bertz CT molecular complexity index is 587. The van der Waals surface area contributed by atoms with Gasteiger partial charge in [-0.05, 0) is 48.8 Å². The summed E-state index contributed by atoms with van der Waals surface area (Å²) in [4.78, 5) is 0. The lowest BCUT2D eigenvalue weighted by atomic mass is 9.70. The molecule has 2 fully saturated rings. The fourth-order valence-electron chi connectivity index (χ4n) is 4.19. The molecule has 0 aliphatic heterocycles. The molecule has 1 aromatic rings. The van der Waals surface area contributed by atoms with Gasteiger partial charge in [-0.2, -0.15) is 5.26 Å². The molecule has 0 heterocycles. The van der Waals surface area contributed by atoms with Gasteiger partial charge in [-0.25, -0.2) is 0 Å². The third-order valence-electron chi connectivity index (χ3n) is 6.12. The minimum Gasteiger partial charge on any atom is -0.488 e. The Kier molecular flexibility index (Phi) is 2.76. The molecule has 3 unspecified atom stereocenters. The second-order valence-electron chi connectivity index (χ2n) is 7.08. The SMILES string of the molecule is CC1(C)C2CCC1(C)C(Oc1ccc(C#N)cc1N)C2. The predicted molar refractivity (Wildman–Crippen MR) is 79.2 cm³/mol. The van der Waals surface area contributed by atoms with Crippen LogP contribution in [0.1, 0.15) is 45.6 Å². The van der Waals surface area contributed by atoms with E-state index in [4.69, 9.17) is 15.7 Å². The van der Waals surface area contributed by atoms with Crippen LogP contribution in [0.4, 0.5) is 5.69 Å². The van der Waals surface area contributed by atoms with Crippen molar-refractivity contribution in [3.05, 3.63) is 23.8 Å². The number of nitrogen functional groups attached to an aromatic ring is 1. The molecule has 1 aromatic carbocycles. The van der Waals surface area contributed by atoms with Crippen LogP contribution < -0.4 is 10.5 Å². The molecule has 2 bridgehead atoms. The molecule has 0 saturated heterocycles. The Hall–Kier alpha value is -1.69. The number of nitriles is 1. The molecule has 0 aromatic heterocycles. The molecule has 0 spiro atoms. The Morgan fingerprint density at radius 3 is 2.60 bits per heavy atom. The van der Waals surface area contributed by atoms with Crippen LogP contribution in [0.5, 0.6) is 5.75 Å². The Morgan fingerprint density at radius 2 is 2.10 bits per heavy atom. The molecule has 3 heteroatoms. The molecule has 0 amide bonds. The minimum absolute atomic E-state index is 0.220. The average Bonchev–Trinajstić information content (AvgIpc) is 2.74. The fraction of sp³-hybridized carbons (Fsp3) is 0.588. The molecule has 3 rings (SSSR count). The van der Waals surface area contributed by atoms with Crippen molar-refractivity contribution in [3.63, 3.8) is 0 Å². The zero-order valence-electron chi connectivity index (χ0n) is 12.4. The van der Waals surface area contributed by atoms with Gasteiger partial charge in [-0.1, -0.05) is 20.8 Å². The zero-order chi connectivity index (χ0) is 14.5. The summed E-state index contributed by atoms with van der Waals surface area (Å²) in [5.41, 5.74) is 7.70. The van der Waals surface area contributed by atoms with E-state index in [2.05, 4.69) is 26.8 Å². The monoisotopic (exact) mass is 270 g/mol. The van der Waals surface area contributed by atoms with Crippen molar-refractivity contribution in [2.75, 3.05) is 5.73 Å². The number of benzene rings is 1. The third kappa shape index (κ3) is 1.64. The minimum atomic E-state index is 0.220. The van der Waals surface area contributed by atoms with Gasteiger partial charge < -0.3 is 10.5 Å². The maximum absolute atomic E-state index is 8.89. The van der Waals surface area contributed by atoms with Gasteiger partial charge >= 0.3 is 0 Å². The fourth-order valence-corrected chi connectivity index (χ4v) is 4.19. The number of fused-ring (bicyclic) bond motifs is 2. The quantitative estimate of drug-likeness (QED) is 0.833. The van der Waals surface area contributed by atoms with Gasteiger partial charge in [0.15, 0.2) is 0 Å². The summed E-state index contributed by atoms with van der Waals surface area (Å²) in [7, 11) is 0. The molecule has 2 saturated carbocycles. The Morgan fingerprint density at radius 1 is 1.35 bits per heavy atom. The number of anilines is 1. The first kappa shape index (κ1) is 13.3. The topological polar surface area (TPSA) is 59.0 Å². The van der Waals surface area contributed by atoms with Gasteiger partial charge in [-0.3, -0.25) is 0 Å². The molecule has 106 valence electrons. The summed E-state index contributed by atoms with van der Waals surface area (Å²) >= 11 is 0. The van der Waals surface area contributed by atoms with Crippen LogP contribution in [0.25, 0.3) is 0 Å². The lowest BCUT2D eigenvalue weighted by Gasteiger charge is -2.39. The number of hydrogen-bond acceptors (Lipinski definition) is 3. The van der Waals surface area contributed by atoms with Crippen LogP contribution in [-0.4, -0.2) is 6.10 Å². The van der Waals surface area contributed by atoms with Crippen molar-refractivity contribution in [1.29, 1.82) is 5.26 Å². The van der Waals surface area contributed by atoms with E-state index in [1.54, 1.807) is 12.1 Å². The van der Waals surface area contributed by atoms with Crippen LogP contribution in [0, 0.1) is 28.1 Å². The maximum atomic E-state index is 8.89. The molecular weight excluding hydrogens is 248 g/mol. The first-order chi connectivity index (χ1) is 9.38. The van der Waals surface area contributed by atoms with Crippen LogP contribution >= 0.6 is 0 Å². The number of nitrogens with two attached hydrogens (primary N) is 1. The van der Waals surface area contributed by atoms with E-state index in [1.165, 1.54) is 12.8 Å². The van der Waals surface area contributed by atoms with Crippen molar-refractivity contribution in [2.45, 2.75) is 46.1 Å². The first-order valence-electron chi connectivity index (χ1n) is 7.35. The molecular formula is C17H22N2O. The second kappa shape index (κ2) is 4.15. The summed E-state index contributed by atoms with van der Waals surface area (Å²) in [6.07, 6.45) is 3.88. The van der Waals surface area contributed by atoms with Crippen LogP contribution in [0.3, 0.4) is 0 Å². The Balaban J connectivity index is 1.85. The van der Waals surface area contributed by atoms with Crippen molar-refractivity contribution in [2.24, 2.45) is 16.7 Å². The first-order valence-corrected chi connectivity index (χ1v) is 7.35. The highest BCUT2D eigenvalue weighted by Gasteiger charge is 2.62. The van der Waals surface area contributed by atoms with Gasteiger partial charge in [-0.15, -0.1) is 0 Å². The van der Waals surface area contributed by atoms with Crippen LogP contribution in [-0.2, 0) is 0 Å². The van der Waals surface area contributed by atoms with Crippen molar-refractivity contribution >= 4 is 5.69 Å². The summed E-state index contributed by atoms with van der Waals surface area (Å²) in [6.45, 7) is 7.09. The van der Waals surface area contributed by atoms with E-state index in [0.29, 0.717) is 16.7 Å². The van der Waals surface area contributed by atoms with Crippen molar-refractivity contribution in [3.8, 4) is 11.8 Å². The number of ether oxygens (including phenoxy) is 1. The lowest BCUT2D eigenvalue weighted by Crippen LogP contribution is -2.39. The van der Waals surface area contributed by atoms with Crippen molar-refractivity contribution < 1.29 is 4.74 Å². The summed E-state index contributed by atoms with van der Waals surface area (Å²) < 4.78 is 6.24. The highest BCUT2D eigenvalue weighted by molar-refractivity contribution is 5.56. The molecule has 3 atom stereocenters. The highest BCUT2D eigenvalue weighted by atomic mass is 16.5. The van der Waals surface area contributed by atoms with Gasteiger partial charge in [0.05, 0.1) is 17.3 Å². The van der Waals surface area contributed by atoms with Crippen LogP contribution in [0.2, 0.25) is 0 Å². The molecule has 20 heavy (non-hydrogen) atoms. The van der Waals surface area contributed by atoms with Gasteiger partial charge in [0.1, 0.15) is 11.9 Å². The van der Waals surface area contributed by atoms with E-state index in [-0.39, 0.29) is 11.5 Å². The highest BCUT2D eigenvalue weighted by Crippen LogP contribution is 2.66. The maximum Gasteiger partial charge on any atom is 0.142 e. The number of hydrogen-bond donors (Lipinski definition) is 1. The Labute approximate surface area is 120 Å². The van der Waals surface area contributed by atoms with Gasteiger partial charge in [0, 0.05) is 5.41 Å². The lowest BCUT2D eigenvalue weighted by molar-refractivity contribution is 0.0306. The third-order valence-corrected chi connectivity index (χ3v) is 6.12. The van der Waals surface area contributed by atoms with Crippen LogP contribution in [0.15, 0.2) is 18.2 Å². The van der Waals surface area contributed by atoms with E-state index < -0.39 is 0 Å². The smallest absolute Gasteiger partial charge is 0.142 e. The van der Waals surface area contributed by atoms with E-state index in [9.17, 15) is 0 Å². The largest absolute Gasteiger partial charge is 0.488 e. The zero-order valence-corrected chi connectivity index (χ0v) is 12.4. The summed E-state index contributed by atoms with van der Waals surface area (Å²) in [6, 6.07) is 7.39. The van der Waals surface area contributed by atoms with E-state index >= 15 is 0 Å². The van der Waals surface area contributed by atoms with Gasteiger partial charge in [0.2, 0.25) is 0 Å². The van der Waals surface area contributed by atoms with Crippen molar-refractivity contribution in [1.82, 2.24) is 0 Å². The summed E-state index contributed by atoms with van der Waals surface area (Å²) in [5.74, 6) is 1.47. The predicted octanol–water partition coefficient (Wildman–Crippen LogP) is 3.73. The molecule has 2 aliphatic rings. The van der Waals surface area contributed by atoms with E-state index in [1.807, 2.05) is 6.07 Å². The average molecular weight is 270 g/mol. The van der Waals surface area contributed by atoms with E-state index in [0.717, 1.165) is 18.1 Å². The molecule has 2 N–H and O–H groups in total. The second-order valence-corrected chi connectivity index (χ2v) is 7.08. The normalized spacial score (nSPS) is 33.9. The standard InChI is InChI=1S/C17H22N2O/c1-16(2)12-6-7-17(16,3)15(9-12)20-14-5-4-11(10-18)8-13(14)19/h4-5,8,12,15H,6-7,9,19H2,1-3H3.